The molecule has 0 spiro atoms. The lowest BCUT2D eigenvalue weighted by Gasteiger charge is -2.12. The fraction of sp³-hybridized carbons (Fsp3) is 0.412. The number of rotatable bonds is 4. The SMILES string of the molecule is CC[C@@H](C)Oc1ccc(-c2nc3c([nH]2)CCCNC3=O)cc1. The van der Waals surface area contributed by atoms with Crippen LogP contribution in [0.4, 0.5) is 0 Å². The molecule has 2 N–H and O–H groups in total. The van der Waals surface area contributed by atoms with Crippen molar-refractivity contribution < 1.29 is 9.53 Å². The van der Waals surface area contributed by atoms with Gasteiger partial charge in [0.1, 0.15) is 17.3 Å². The highest BCUT2D eigenvalue weighted by Crippen LogP contribution is 2.23. The van der Waals surface area contributed by atoms with Crippen molar-refractivity contribution in [3.63, 3.8) is 0 Å². The van der Waals surface area contributed by atoms with Gasteiger partial charge in [0.25, 0.3) is 5.91 Å². The molecule has 0 unspecified atom stereocenters. The Labute approximate surface area is 130 Å². The molecule has 2 heterocycles. The number of nitrogens with zero attached hydrogens (tertiary/aromatic N) is 1. The Morgan fingerprint density at radius 2 is 2.09 bits per heavy atom. The van der Waals surface area contributed by atoms with Crippen LogP contribution in [-0.4, -0.2) is 28.5 Å². The highest BCUT2D eigenvalue weighted by Gasteiger charge is 2.20. The van der Waals surface area contributed by atoms with E-state index in [1.165, 1.54) is 0 Å². The van der Waals surface area contributed by atoms with E-state index >= 15 is 0 Å². The van der Waals surface area contributed by atoms with E-state index in [0.717, 1.165) is 42.1 Å². The Hall–Kier alpha value is -2.30. The molecule has 1 aliphatic rings. The van der Waals surface area contributed by atoms with E-state index in [-0.39, 0.29) is 12.0 Å². The van der Waals surface area contributed by atoms with Gasteiger partial charge in [-0.2, -0.15) is 0 Å². The third kappa shape index (κ3) is 2.98. The molecule has 5 heteroatoms. The van der Waals surface area contributed by atoms with E-state index < -0.39 is 0 Å². The zero-order valence-corrected chi connectivity index (χ0v) is 13.0. The molecule has 1 aliphatic heterocycles. The molecule has 1 amide bonds. The summed E-state index contributed by atoms with van der Waals surface area (Å²) in [7, 11) is 0. The van der Waals surface area contributed by atoms with Crippen molar-refractivity contribution >= 4 is 5.91 Å². The predicted octanol–water partition coefficient (Wildman–Crippen LogP) is 2.93. The van der Waals surface area contributed by atoms with Crippen LogP contribution in [0.15, 0.2) is 24.3 Å². The number of ether oxygens (including phenoxy) is 1. The van der Waals surface area contributed by atoms with Crippen molar-refractivity contribution in [3.05, 3.63) is 35.7 Å². The van der Waals surface area contributed by atoms with Gasteiger partial charge in [0.15, 0.2) is 0 Å². The predicted molar refractivity (Wildman–Crippen MR) is 85.1 cm³/mol. The van der Waals surface area contributed by atoms with E-state index in [1.54, 1.807) is 0 Å². The summed E-state index contributed by atoms with van der Waals surface area (Å²) in [4.78, 5) is 19.7. The number of fused-ring (bicyclic) bond motifs is 1. The Bertz CT molecular complexity index is 661. The maximum Gasteiger partial charge on any atom is 0.271 e. The van der Waals surface area contributed by atoms with Crippen LogP contribution < -0.4 is 10.1 Å². The van der Waals surface area contributed by atoms with Crippen LogP contribution >= 0.6 is 0 Å². The molecule has 2 aromatic rings. The maximum atomic E-state index is 11.9. The van der Waals surface area contributed by atoms with Gasteiger partial charge in [0.2, 0.25) is 0 Å². The number of aromatic amines is 1. The first-order valence-electron chi connectivity index (χ1n) is 7.81. The first-order chi connectivity index (χ1) is 10.7. The van der Waals surface area contributed by atoms with Crippen molar-refractivity contribution in [3.8, 4) is 17.1 Å². The molecule has 1 aromatic carbocycles. The summed E-state index contributed by atoms with van der Waals surface area (Å²) in [6.07, 6.45) is 2.95. The second-order valence-electron chi connectivity index (χ2n) is 5.63. The molecule has 0 saturated carbocycles. The van der Waals surface area contributed by atoms with E-state index in [0.29, 0.717) is 12.2 Å². The van der Waals surface area contributed by atoms with E-state index in [2.05, 4.69) is 29.1 Å². The first-order valence-corrected chi connectivity index (χ1v) is 7.81. The summed E-state index contributed by atoms with van der Waals surface area (Å²) >= 11 is 0. The molecule has 0 bridgehead atoms. The van der Waals surface area contributed by atoms with Crippen molar-refractivity contribution in [2.45, 2.75) is 39.2 Å². The summed E-state index contributed by atoms with van der Waals surface area (Å²) in [5.74, 6) is 1.49. The number of aromatic nitrogens is 2. The molecule has 0 aliphatic carbocycles. The lowest BCUT2D eigenvalue weighted by atomic mass is 10.2. The monoisotopic (exact) mass is 299 g/mol. The normalized spacial score (nSPS) is 15.6. The lowest BCUT2D eigenvalue weighted by Crippen LogP contribution is -2.23. The van der Waals surface area contributed by atoms with Crippen LogP contribution in [0.2, 0.25) is 0 Å². The molecular formula is C17H21N3O2. The maximum absolute atomic E-state index is 11.9. The fourth-order valence-electron chi connectivity index (χ4n) is 2.47. The fourth-order valence-corrected chi connectivity index (χ4v) is 2.47. The molecule has 3 rings (SSSR count). The molecule has 116 valence electrons. The number of benzene rings is 1. The molecule has 0 fully saturated rings. The van der Waals surface area contributed by atoms with Crippen molar-refractivity contribution in [2.24, 2.45) is 0 Å². The van der Waals surface area contributed by atoms with Crippen LogP contribution in [0.1, 0.15) is 42.9 Å². The first kappa shape index (κ1) is 14.6. The molecular weight excluding hydrogens is 278 g/mol. The Balaban J connectivity index is 1.83. The third-order valence-corrected chi connectivity index (χ3v) is 3.92. The Morgan fingerprint density at radius 3 is 2.82 bits per heavy atom. The standard InChI is InChI=1S/C17H21N3O2/c1-3-11(2)22-13-8-6-12(7-9-13)16-19-14-5-4-10-18-17(21)15(14)20-16/h6-9,11H,3-5,10H2,1-2H3,(H,18,21)(H,19,20)/t11-/m1/s1. The second-order valence-corrected chi connectivity index (χ2v) is 5.63. The van der Waals surface area contributed by atoms with Crippen molar-refractivity contribution in [1.29, 1.82) is 0 Å². The van der Waals surface area contributed by atoms with Crippen LogP contribution in [0.3, 0.4) is 0 Å². The molecule has 1 aromatic heterocycles. The summed E-state index contributed by atoms with van der Waals surface area (Å²) in [6, 6.07) is 7.81. The lowest BCUT2D eigenvalue weighted by molar-refractivity contribution is 0.0951. The molecule has 0 saturated heterocycles. The number of imidazole rings is 1. The number of aryl methyl sites for hydroxylation is 1. The number of H-pyrrole nitrogens is 1. The van der Waals surface area contributed by atoms with Gasteiger partial charge in [0, 0.05) is 17.8 Å². The van der Waals surface area contributed by atoms with Gasteiger partial charge in [-0.15, -0.1) is 0 Å². The molecule has 22 heavy (non-hydrogen) atoms. The zero-order valence-electron chi connectivity index (χ0n) is 13.0. The van der Waals surface area contributed by atoms with Gasteiger partial charge in [-0.05, 0) is 50.5 Å². The summed E-state index contributed by atoms with van der Waals surface area (Å²) in [5, 5.41) is 2.86. The Kier molecular flexibility index (Phi) is 4.13. The highest BCUT2D eigenvalue weighted by molar-refractivity contribution is 5.94. The summed E-state index contributed by atoms with van der Waals surface area (Å²) < 4.78 is 5.77. The minimum atomic E-state index is -0.0910. The number of hydrogen-bond donors (Lipinski definition) is 2. The second kappa shape index (κ2) is 6.22. The average Bonchev–Trinajstić information content (AvgIpc) is 2.89. The average molecular weight is 299 g/mol. The van der Waals surface area contributed by atoms with Gasteiger partial charge in [0.05, 0.1) is 6.10 Å². The van der Waals surface area contributed by atoms with Crippen molar-refractivity contribution in [2.75, 3.05) is 6.54 Å². The number of nitrogens with one attached hydrogen (secondary N) is 2. The smallest absolute Gasteiger partial charge is 0.271 e. The van der Waals surface area contributed by atoms with Gasteiger partial charge in [-0.25, -0.2) is 4.98 Å². The minimum Gasteiger partial charge on any atom is -0.491 e. The van der Waals surface area contributed by atoms with Crippen LogP contribution in [-0.2, 0) is 6.42 Å². The minimum absolute atomic E-state index is 0.0910. The zero-order chi connectivity index (χ0) is 15.5. The number of hydrogen-bond acceptors (Lipinski definition) is 3. The largest absolute Gasteiger partial charge is 0.491 e. The summed E-state index contributed by atoms with van der Waals surface area (Å²) in [6.45, 7) is 4.86. The van der Waals surface area contributed by atoms with Gasteiger partial charge < -0.3 is 15.0 Å². The van der Waals surface area contributed by atoms with Gasteiger partial charge in [-0.3, -0.25) is 4.79 Å². The van der Waals surface area contributed by atoms with Crippen LogP contribution in [0, 0.1) is 0 Å². The number of carbonyl (C=O) groups is 1. The van der Waals surface area contributed by atoms with Crippen LogP contribution in [0.5, 0.6) is 5.75 Å². The van der Waals surface area contributed by atoms with E-state index in [1.807, 2.05) is 24.3 Å². The van der Waals surface area contributed by atoms with Crippen LogP contribution in [0.25, 0.3) is 11.4 Å². The topological polar surface area (TPSA) is 67.0 Å². The highest BCUT2D eigenvalue weighted by atomic mass is 16.5. The molecule has 0 radical (unpaired) electrons. The number of carbonyl (C=O) groups excluding carboxylic acids is 1. The van der Waals surface area contributed by atoms with E-state index in [9.17, 15) is 4.79 Å². The molecule has 5 nitrogen and oxygen atoms in total. The van der Waals surface area contributed by atoms with Gasteiger partial charge in [-0.1, -0.05) is 6.92 Å². The van der Waals surface area contributed by atoms with Crippen molar-refractivity contribution in [1.82, 2.24) is 15.3 Å². The van der Waals surface area contributed by atoms with E-state index in [4.69, 9.17) is 4.74 Å². The Morgan fingerprint density at radius 1 is 1.32 bits per heavy atom. The summed E-state index contributed by atoms with van der Waals surface area (Å²) in [5.41, 5.74) is 2.40. The number of amides is 1. The van der Waals surface area contributed by atoms with Gasteiger partial charge >= 0.3 is 0 Å². The quantitative estimate of drug-likeness (QED) is 0.912. The molecule has 1 atom stereocenters. The third-order valence-electron chi connectivity index (χ3n) is 3.92.